The van der Waals surface area contributed by atoms with Crippen LogP contribution in [-0.2, 0) is 11.3 Å². The zero-order chi connectivity index (χ0) is 24.8. The molecule has 5 heterocycles. The largest absolute Gasteiger partial charge is 0.479 e. The Morgan fingerprint density at radius 1 is 1.28 bits per heavy atom. The molecular formula is C24H28F2N8O2. The van der Waals surface area contributed by atoms with Crippen LogP contribution in [0.3, 0.4) is 0 Å². The van der Waals surface area contributed by atoms with E-state index in [1.165, 1.54) is 6.92 Å². The highest BCUT2D eigenvalue weighted by Crippen LogP contribution is 2.33. The van der Waals surface area contributed by atoms with Crippen molar-refractivity contribution in [2.24, 2.45) is 0 Å². The number of methoxy groups -OCH3 is 1. The first-order valence-electron chi connectivity index (χ1n) is 12.1. The van der Waals surface area contributed by atoms with Crippen LogP contribution >= 0.6 is 0 Å². The van der Waals surface area contributed by atoms with Gasteiger partial charge in [-0.3, -0.25) is 4.90 Å². The molecule has 1 N–H and O–H groups in total. The van der Waals surface area contributed by atoms with E-state index in [1.807, 2.05) is 30.5 Å². The van der Waals surface area contributed by atoms with Crippen LogP contribution in [0.15, 0.2) is 30.5 Å². The second-order valence-corrected chi connectivity index (χ2v) is 9.46. The number of ether oxygens (including phenoxy) is 2. The predicted octanol–water partition coefficient (Wildman–Crippen LogP) is 2.73. The minimum absolute atomic E-state index is 0.126. The predicted molar refractivity (Wildman–Crippen MR) is 130 cm³/mol. The molecule has 10 nitrogen and oxygen atoms in total. The molecule has 3 atom stereocenters. The zero-order valence-corrected chi connectivity index (χ0v) is 20.1. The quantitative estimate of drug-likeness (QED) is 0.416. The van der Waals surface area contributed by atoms with Gasteiger partial charge in [0, 0.05) is 24.8 Å². The zero-order valence-electron chi connectivity index (χ0n) is 20.1. The molecule has 12 heteroatoms. The number of rotatable bonds is 7. The van der Waals surface area contributed by atoms with E-state index in [4.69, 9.17) is 9.47 Å². The summed E-state index contributed by atoms with van der Waals surface area (Å²) in [7, 11) is 1.55. The smallest absolute Gasteiger partial charge is 0.244 e. The second-order valence-electron chi connectivity index (χ2n) is 9.46. The molecule has 6 rings (SSSR count). The van der Waals surface area contributed by atoms with Crippen LogP contribution in [0.5, 0.6) is 5.88 Å². The van der Waals surface area contributed by atoms with Crippen molar-refractivity contribution in [1.82, 2.24) is 34.5 Å². The topological polar surface area (TPSA) is 94.6 Å². The summed E-state index contributed by atoms with van der Waals surface area (Å²) in [6.07, 6.45) is 0.381. The number of fused-ring (bicyclic) bond motifs is 2. The lowest BCUT2D eigenvalue weighted by Crippen LogP contribution is -2.57. The standard InChI is InChI=1S/C24H28F2N8O2/c1-14(25)10-34-21-9-15(3-4-20(21)29-31-34)17-5-8-33-22(17)23(35-2)28-24(30-33)27-19-6-7-32(11-18(19)26)16-12-36-13-16/h3-5,8-9,14,16,18-19H,6-7,10-13H2,1-2H3,(H,27,30)/t14-,18+,19-/m0/s1. The van der Waals surface area contributed by atoms with E-state index in [0.717, 1.165) is 23.2 Å². The number of alkyl halides is 2. The minimum atomic E-state index is -1.04. The number of aromatic nitrogens is 6. The molecule has 1 aromatic carbocycles. The van der Waals surface area contributed by atoms with Crippen LogP contribution < -0.4 is 10.1 Å². The maximum atomic E-state index is 15.0. The van der Waals surface area contributed by atoms with Crippen molar-refractivity contribution in [3.63, 3.8) is 0 Å². The molecule has 36 heavy (non-hydrogen) atoms. The number of likely N-dealkylation sites (tertiary alicyclic amines) is 1. The van der Waals surface area contributed by atoms with Crippen LogP contribution in [0.4, 0.5) is 14.7 Å². The Kier molecular flexibility index (Phi) is 5.92. The summed E-state index contributed by atoms with van der Waals surface area (Å²) in [6.45, 7) is 4.14. The molecule has 0 aliphatic carbocycles. The molecule has 0 saturated carbocycles. The molecular weight excluding hydrogens is 470 g/mol. The minimum Gasteiger partial charge on any atom is -0.479 e. The number of halogens is 2. The highest BCUT2D eigenvalue weighted by molar-refractivity contribution is 5.89. The Morgan fingerprint density at radius 3 is 2.86 bits per heavy atom. The lowest BCUT2D eigenvalue weighted by Gasteiger charge is -2.42. The van der Waals surface area contributed by atoms with Crippen molar-refractivity contribution in [1.29, 1.82) is 0 Å². The summed E-state index contributed by atoms with van der Waals surface area (Å²) >= 11 is 0. The molecule has 3 aromatic heterocycles. The van der Waals surface area contributed by atoms with E-state index in [0.29, 0.717) is 55.1 Å². The van der Waals surface area contributed by atoms with Gasteiger partial charge in [-0.1, -0.05) is 11.3 Å². The van der Waals surface area contributed by atoms with Crippen LogP contribution in [0.2, 0.25) is 0 Å². The molecule has 0 unspecified atom stereocenters. The third kappa shape index (κ3) is 4.13. The fraction of sp³-hybridized carbons (Fsp3) is 0.500. The molecule has 0 spiro atoms. The van der Waals surface area contributed by atoms with E-state index >= 15 is 0 Å². The number of piperidine rings is 1. The van der Waals surface area contributed by atoms with E-state index in [1.54, 1.807) is 16.3 Å². The molecule has 2 saturated heterocycles. The maximum absolute atomic E-state index is 15.0. The molecule has 2 aliphatic rings. The molecule has 4 aromatic rings. The number of hydrogen-bond acceptors (Lipinski definition) is 8. The molecule has 0 radical (unpaired) electrons. The number of nitrogens with zero attached hydrogens (tertiary/aromatic N) is 7. The average Bonchev–Trinajstić information content (AvgIpc) is 3.43. The van der Waals surface area contributed by atoms with Crippen molar-refractivity contribution in [3.8, 4) is 17.0 Å². The Balaban J connectivity index is 1.28. The summed E-state index contributed by atoms with van der Waals surface area (Å²) in [6, 6.07) is 7.56. The highest BCUT2D eigenvalue weighted by Gasteiger charge is 2.35. The van der Waals surface area contributed by atoms with Gasteiger partial charge in [0.05, 0.1) is 44.5 Å². The van der Waals surface area contributed by atoms with Crippen molar-refractivity contribution in [2.75, 3.05) is 38.7 Å². The van der Waals surface area contributed by atoms with Crippen LogP contribution in [0, 0.1) is 0 Å². The molecule has 0 amide bonds. The van der Waals surface area contributed by atoms with E-state index in [-0.39, 0.29) is 12.6 Å². The van der Waals surface area contributed by atoms with Crippen molar-refractivity contribution < 1.29 is 18.3 Å². The van der Waals surface area contributed by atoms with Gasteiger partial charge in [-0.05, 0) is 37.1 Å². The fourth-order valence-corrected chi connectivity index (χ4v) is 4.96. The van der Waals surface area contributed by atoms with Crippen LogP contribution in [-0.4, -0.2) is 92.3 Å². The Labute approximate surface area is 206 Å². The Hall–Kier alpha value is -3.38. The summed E-state index contributed by atoms with van der Waals surface area (Å²) in [5.41, 5.74) is 3.83. The van der Waals surface area contributed by atoms with Crippen LogP contribution in [0.25, 0.3) is 27.7 Å². The first-order valence-corrected chi connectivity index (χ1v) is 12.1. The third-order valence-electron chi connectivity index (χ3n) is 6.95. The lowest BCUT2D eigenvalue weighted by atomic mass is 10.0. The van der Waals surface area contributed by atoms with Gasteiger partial charge < -0.3 is 14.8 Å². The first kappa shape index (κ1) is 23.0. The number of nitrogens with one attached hydrogen (secondary N) is 1. The van der Waals surface area contributed by atoms with Gasteiger partial charge >= 0.3 is 0 Å². The van der Waals surface area contributed by atoms with E-state index in [2.05, 4.69) is 30.6 Å². The van der Waals surface area contributed by atoms with Gasteiger partial charge in [-0.2, -0.15) is 4.98 Å². The number of benzene rings is 1. The average molecular weight is 499 g/mol. The molecule has 0 bridgehead atoms. The maximum Gasteiger partial charge on any atom is 0.244 e. The molecule has 2 aliphatic heterocycles. The highest BCUT2D eigenvalue weighted by atomic mass is 19.1. The Morgan fingerprint density at radius 2 is 2.14 bits per heavy atom. The van der Waals surface area contributed by atoms with Gasteiger partial charge in [0.25, 0.3) is 0 Å². The molecule has 2 fully saturated rings. The summed E-state index contributed by atoms with van der Waals surface area (Å²) < 4.78 is 42.7. The normalized spacial score (nSPS) is 22.1. The van der Waals surface area contributed by atoms with Crippen molar-refractivity contribution in [3.05, 3.63) is 30.5 Å². The Bertz CT molecular complexity index is 1390. The SMILES string of the molecule is COc1nc(N[C@H]2CCN(C3COC3)C[C@H]2F)nn2ccc(-c3ccc4nnn(C[C@H](C)F)c4c3)c12. The number of anilines is 1. The summed E-state index contributed by atoms with van der Waals surface area (Å²) in [4.78, 5) is 6.71. The summed E-state index contributed by atoms with van der Waals surface area (Å²) in [5.74, 6) is 0.681. The van der Waals surface area contributed by atoms with E-state index < -0.39 is 12.3 Å². The fourth-order valence-electron chi connectivity index (χ4n) is 4.96. The van der Waals surface area contributed by atoms with Crippen molar-refractivity contribution >= 4 is 22.5 Å². The molecule has 190 valence electrons. The monoisotopic (exact) mass is 498 g/mol. The summed E-state index contributed by atoms with van der Waals surface area (Å²) in [5, 5.41) is 16.0. The number of hydrogen-bond donors (Lipinski definition) is 1. The van der Waals surface area contributed by atoms with Gasteiger partial charge in [-0.15, -0.1) is 10.2 Å². The van der Waals surface area contributed by atoms with Crippen LogP contribution in [0.1, 0.15) is 13.3 Å². The first-order chi connectivity index (χ1) is 17.5. The van der Waals surface area contributed by atoms with Gasteiger partial charge in [0.1, 0.15) is 23.4 Å². The van der Waals surface area contributed by atoms with E-state index in [9.17, 15) is 8.78 Å². The second kappa shape index (κ2) is 9.25. The lowest BCUT2D eigenvalue weighted by molar-refractivity contribution is -0.0794. The third-order valence-corrected chi connectivity index (χ3v) is 6.95. The van der Waals surface area contributed by atoms with Gasteiger partial charge in [0.15, 0.2) is 0 Å². The van der Waals surface area contributed by atoms with Gasteiger partial charge in [0.2, 0.25) is 11.8 Å². The van der Waals surface area contributed by atoms with Gasteiger partial charge in [-0.25, -0.2) is 18.0 Å². The van der Waals surface area contributed by atoms with Crippen molar-refractivity contribution in [2.45, 2.75) is 44.3 Å².